The highest BCUT2D eigenvalue weighted by molar-refractivity contribution is 5.95. The molecule has 1 atom stereocenters. The third-order valence-electron chi connectivity index (χ3n) is 3.87. The zero-order valence-corrected chi connectivity index (χ0v) is 13.1. The van der Waals surface area contributed by atoms with Crippen LogP contribution in [0.25, 0.3) is 0 Å². The molecule has 0 aromatic carbocycles. The van der Waals surface area contributed by atoms with Crippen molar-refractivity contribution < 1.29 is 22.4 Å². The van der Waals surface area contributed by atoms with E-state index in [1.54, 1.807) is 19.9 Å². The maximum Gasteiger partial charge on any atom is 0.267 e. The Morgan fingerprint density at radius 3 is 2.70 bits per heavy atom. The van der Waals surface area contributed by atoms with E-state index in [1.165, 1.54) is 0 Å². The Hall–Kier alpha value is -2.25. The average molecular weight is 325 g/mol. The van der Waals surface area contributed by atoms with Crippen molar-refractivity contribution in [3.63, 3.8) is 0 Å². The van der Waals surface area contributed by atoms with E-state index >= 15 is 0 Å². The van der Waals surface area contributed by atoms with Crippen molar-refractivity contribution in [3.05, 3.63) is 34.9 Å². The molecular formula is C15H17F2N3O3. The molecule has 0 spiro atoms. The summed E-state index contributed by atoms with van der Waals surface area (Å²) in [6.45, 7) is 4.47. The first-order valence-corrected chi connectivity index (χ1v) is 7.39. The van der Waals surface area contributed by atoms with Gasteiger partial charge in [0, 0.05) is 12.8 Å². The van der Waals surface area contributed by atoms with Gasteiger partial charge >= 0.3 is 0 Å². The minimum absolute atomic E-state index is 0.0465. The number of carbonyl (C=O) groups is 1. The van der Waals surface area contributed by atoms with Crippen LogP contribution in [0.1, 0.15) is 53.0 Å². The van der Waals surface area contributed by atoms with Gasteiger partial charge in [-0.05, 0) is 19.9 Å². The quantitative estimate of drug-likeness (QED) is 0.867. The molecule has 0 bridgehead atoms. The van der Waals surface area contributed by atoms with Gasteiger partial charge in [-0.2, -0.15) is 0 Å². The van der Waals surface area contributed by atoms with Gasteiger partial charge in [-0.25, -0.2) is 8.78 Å². The lowest BCUT2D eigenvalue weighted by Crippen LogP contribution is -2.33. The van der Waals surface area contributed by atoms with Crippen molar-refractivity contribution in [1.82, 2.24) is 15.1 Å². The van der Waals surface area contributed by atoms with Crippen LogP contribution in [0, 0.1) is 13.8 Å². The topological polar surface area (TPSA) is 72.4 Å². The Bertz CT molecular complexity index is 738. The highest BCUT2D eigenvalue weighted by atomic mass is 19.3. The summed E-state index contributed by atoms with van der Waals surface area (Å²) in [6, 6.07) is 0.621. The molecule has 3 rings (SSSR count). The Kier molecular flexibility index (Phi) is 3.69. The first-order valence-electron chi connectivity index (χ1n) is 7.39. The Morgan fingerprint density at radius 2 is 2.13 bits per heavy atom. The van der Waals surface area contributed by atoms with Crippen LogP contribution >= 0.6 is 0 Å². The molecule has 0 radical (unpaired) electrons. The lowest BCUT2D eigenvalue weighted by atomic mass is 10.1. The molecule has 1 amide bonds. The van der Waals surface area contributed by atoms with Crippen molar-refractivity contribution in [1.29, 1.82) is 0 Å². The van der Waals surface area contributed by atoms with Crippen LogP contribution in [0.15, 0.2) is 14.9 Å². The molecule has 0 saturated carbocycles. The highest BCUT2D eigenvalue weighted by Crippen LogP contribution is 2.41. The Morgan fingerprint density at radius 1 is 1.39 bits per heavy atom. The largest absolute Gasteiger partial charge is 0.466 e. The monoisotopic (exact) mass is 325 g/mol. The van der Waals surface area contributed by atoms with E-state index in [4.69, 9.17) is 8.83 Å². The summed E-state index contributed by atoms with van der Waals surface area (Å²) in [5.41, 5.74) is 0.278. The fourth-order valence-electron chi connectivity index (χ4n) is 2.79. The number of rotatable bonds is 3. The normalized spacial score (nSPS) is 20.2. The number of aromatic nitrogens is 2. The number of furan rings is 1. The molecule has 1 saturated heterocycles. The van der Waals surface area contributed by atoms with Gasteiger partial charge in [-0.1, -0.05) is 6.92 Å². The maximum absolute atomic E-state index is 13.9. The third kappa shape index (κ3) is 2.85. The van der Waals surface area contributed by atoms with E-state index in [9.17, 15) is 13.6 Å². The first-order chi connectivity index (χ1) is 10.8. The number of halogens is 2. The number of amides is 1. The maximum atomic E-state index is 13.9. The van der Waals surface area contributed by atoms with Gasteiger partial charge in [-0.3, -0.25) is 4.79 Å². The van der Waals surface area contributed by atoms with Crippen molar-refractivity contribution >= 4 is 5.91 Å². The summed E-state index contributed by atoms with van der Waals surface area (Å²) in [6.07, 6.45) is -0.0237. The molecule has 1 fully saturated rings. The van der Waals surface area contributed by atoms with E-state index in [0.29, 0.717) is 23.8 Å². The summed E-state index contributed by atoms with van der Waals surface area (Å²) in [5, 5.41) is 7.62. The molecule has 0 unspecified atom stereocenters. The molecule has 2 aromatic heterocycles. The van der Waals surface area contributed by atoms with Gasteiger partial charge in [0.05, 0.1) is 12.1 Å². The van der Waals surface area contributed by atoms with Gasteiger partial charge in [0.1, 0.15) is 17.6 Å². The summed E-state index contributed by atoms with van der Waals surface area (Å²) >= 11 is 0. The van der Waals surface area contributed by atoms with E-state index in [-0.39, 0.29) is 11.5 Å². The molecule has 23 heavy (non-hydrogen) atoms. The number of aryl methyl sites for hydroxylation is 3. The SMILES string of the molecule is CCc1nnc([C@@H]2CC(F)(F)CN2C(=O)c2cc(C)oc2C)o1. The number of likely N-dealkylation sites (tertiary alicyclic amines) is 1. The second kappa shape index (κ2) is 5.43. The highest BCUT2D eigenvalue weighted by Gasteiger charge is 2.50. The van der Waals surface area contributed by atoms with Crippen molar-refractivity contribution in [3.8, 4) is 0 Å². The lowest BCUT2D eigenvalue weighted by molar-refractivity contribution is 0.0116. The van der Waals surface area contributed by atoms with E-state index < -0.39 is 30.8 Å². The minimum atomic E-state index is -2.99. The van der Waals surface area contributed by atoms with Crippen LogP contribution in [-0.4, -0.2) is 33.5 Å². The smallest absolute Gasteiger partial charge is 0.267 e. The average Bonchev–Trinajstić information content (AvgIpc) is 3.15. The standard InChI is InChI=1S/C15H17F2N3O3/c1-4-12-18-19-13(23-12)11-6-15(16,17)7-20(11)14(21)10-5-8(2)22-9(10)3/h5,11H,4,6-7H2,1-3H3/t11-/m0/s1. The minimum Gasteiger partial charge on any atom is -0.466 e. The molecule has 0 N–H and O–H groups in total. The molecular weight excluding hydrogens is 308 g/mol. The van der Waals surface area contributed by atoms with Gasteiger partial charge in [-0.15, -0.1) is 10.2 Å². The van der Waals surface area contributed by atoms with Gasteiger partial charge in [0.25, 0.3) is 11.8 Å². The van der Waals surface area contributed by atoms with Crippen LogP contribution in [0.3, 0.4) is 0 Å². The van der Waals surface area contributed by atoms with E-state index in [2.05, 4.69) is 10.2 Å². The number of carbonyl (C=O) groups excluding carboxylic acids is 1. The second-order valence-electron chi connectivity index (χ2n) is 5.72. The zero-order chi connectivity index (χ0) is 16.8. The number of hydrogen-bond acceptors (Lipinski definition) is 5. The van der Waals surface area contributed by atoms with Crippen LogP contribution in [0.2, 0.25) is 0 Å². The molecule has 1 aliphatic heterocycles. The Balaban J connectivity index is 1.94. The third-order valence-corrected chi connectivity index (χ3v) is 3.87. The van der Waals surface area contributed by atoms with Crippen LogP contribution in [-0.2, 0) is 6.42 Å². The van der Waals surface area contributed by atoms with Crippen molar-refractivity contribution in [2.45, 2.75) is 45.6 Å². The van der Waals surface area contributed by atoms with Gasteiger partial charge < -0.3 is 13.7 Å². The molecule has 6 nitrogen and oxygen atoms in total. The fourth-order valence-corrected chi connectivity index (χ4v) is 2.79. The predicted molar refractivity (Wildman–Crippen MR) is 75.2 cm³/mol. The fraction of sp³-hybridized carbons (Fsp3) is 0.533. The van der Waals surface area contributed by atoms with Crippen LogP contribution in [0.5, 0.6) is 0 Å². The molecule has 0 aliphatic carbocycles. The lowest BCUT2D eigenvalue weighted by Gasteiger charge is -2.20. The van der Waals surface area contributed by atoms with Gasteiger partial charge in [0.2, 0.25) is 11.8 Å². The second-order valence-corrected chi connectivity index (χ2v) is 5.72. The first kappa shape index (κ1) is 15.6. The van der Waals surface area contributed by atoms with Crippen LogP contribution < -0.4 is 0 Å². The molecule has 8 heteroatoms. The number of hydrogen-bond donors (Lipinski definition) is 0. The van der Waals surface area contributed by atoms with Crippen molar-refractivity contribution in [2.75, 3.05) is 6.54 Å². The predicted octanol–water partition coefficient (Wildman–Crippen LogP) is 3.06. The molecule has 124 valence electrons. The number of alkyl halides is 2. The van der Waals surface area contributed by atoms with E-state index in [0.717, 1.165) is 4.90 Å². The zero-order valence-electron chi connectivity index (χ0n) is 13.1. The summed E-state index contributed by atoms with van der Waals surface area (Å²) in [7, 11) is 0. The number of nitrogens with zero attached hydrogens (tertiary/aromatic N) is 3. The van der Waals surface area contributed by atoms with Crippen molar-refractivity contribution in [2.24, 2.45) is 0 Å². The summed E-state index contributed by atoms with van der Waals surface area (Å²) in [5.74, 6) is -2.14. The summed E-state index contributed by atoms with van der Waals surface area (Å²) < 4.78 is 38.5. The molecule has 1 aliphatic rings. The van der Waals surface area contributed by atoms with Crippen LogP contribution in [0.4, 0.5) is 8.78 Å². The molecule has 3 heterocycles. The Labute approximate surface area is 131 Å². The summed E-state index contributed by atoms with van der Waals surface area (Å²) in [4.78, 5) is 13.8. The molecule has 2 aromatic rings. The van der Waals surface area contributed by atoms with Gasteiger partial charge in [0.15, 0.2) is 0 Å². The van der Waals surface area contributed by atoms with E-state index in [1.807, 2.05) is 6.92 Å².